The number of halogens is 1. The maximum Gasteiger partial charge on any atom is 0.258 e. The molecule has 4 aromatic rings. The Morgan fingerprint density at radius 2 is 1.67 bits per heavy atom. The van der Waals surface area contributed by atoms with Crippen molar-refractivity contribution in [3.05, 3.63) is 111 Å². The molecular weight excluding hydrogens is 526 g/mol. The number of nitrogens with one attached hydrogen (secondary N) is 1. The minimum Gasteiger partial charge on any atom is -0.325 e. The van der Waals surface area contributed by atoms with Crippen molar-refractivity contribution >= 4 is 35.0 Å². The molecule has 0 atom stereocenters. The maximum absolute atomic E-state index is 14.5. The Kier molecular flexibility index (Phi) is 7.32. The van der Waals surface area contributed by atoms with E-state index < -0.39 is 0 Å². The molecule has 2 aliphatic rings. The monoisotopic (exact) mass is 555 g/mol. The number of thioether (sulfide) groups is 1. The van der Waals surface area contributed by atoms with Crippen molar-refractivity contribution in [3.8, 4) is 11.3 Å². The first-order chi connectivity index (χ1) is 19.0. The third kappa shape index (κ3) is 5.28. The summed E-state index contributed by atoms with van der Waals surface area (Å²) in [5.41, 5.74) is 5.53. The number of hydrogen-bond acceptors (Lipinski definition) is 4. The molecule has 1 N–H and O–H groups in total. The van der Waals surface area contributed by atoms with Gasteiger partial charge in [-0.1, -0.05) is 97.2 Å². The van der Waals surface area contributed by atoms with Crippen molar-refractivity contribution < 1.29 is 4.79 Å². The van der Waals surface area contributed by atoms with E-state index in [1.165, 1.54) is 23.7 Å². The second-order valence-corrected chi connectivity index (χ2v) is 11.9. The number of carbonyl (C=O) groups is 1. The molecule has 1 spiro atoms. The average Bonchev–Trinajstić information content (AvgIpc) is 2.95. The first-order valence-electron chi connectivity index (χ1n) is 13.5. The fourth-order valence-corrected chi connectivity index (χ4v) is 7.02. The Morgan fingerprint density at radius 3 is 2.44 bits per heavy atom. The molecule has 1 fully saturated rings. The van der Waals surface area contributed by atoms with Crippen molar-refractivity contribution in [2.45, 2.75) is 55.6 Å². The lowest BCUT2D eigenvalue weighted by atomic mass is 9.62. The van der Waals surface area contributed by atoms with Gasteiger partial charge in [0.05, 0.1) is 23.6 Å². The van der Waals surface area contributed by atoms with Crippen LogP contribution in [0.15, 0.2) is 88.8 Å². The zero-order valence-corrected chi connectivity index (χ0v) is 23.2. The van der Waals surface area contributed by atoms with E-state index in [0.717, 1.165) is 54.5 Å². The molecule has 1 amide bonds. The molecule has 39 heavy (non-hydrogen) atoms. The second kappa shape index (κ2) is 11.0. The van der Waals surface area contributed by atoms with Crippen LogP contribution in [0.4, 0.5) is 5.69 Å². The molecule has 0 radical (unpaired) electrons. The Bertz CT molecular complexity index is 1560. The molecule has 1 aromatic heterocycles. The first-order valence-corrected chi connectivity index (χ1v) is 14.8. The van der Waals surface area contributed by atoms with Crippen LogP contribution >= 0.6 is 23.4 Å². The van der Waals surface area contributed by atoms with Crippen LogP contribution in [0.3, 0.4) is 0 Å². The zero-order chi connectivity index (χ0) is 26.8. The first kappa shape index (κ1) is 25.9. The molecule has 1 saturated carbocycles. The lowest BCUT2D eigenvalue weighted by molar-refractivity contribution is -0.113. The van der Waals surface area contributed by atoms with Crippen LogP contribution in [-0.2, 0) is 23.2 Å². The number of nitrogens with zero attached hydrogens (tertiary/aromatic N) is 2. The standard InChI is InChI=1S/C32H30ClN3O2S/c33-24-13-15-25(16-14-24)34-27(37)21-39-31-35-29-26-12-6-5-11-23(26)19-32(17-7-2-8-18-32)28(29)30(38)36(31)20-22-9-3-1-4-10-22/h1,3-6,9-16H,2,7-8,17-21H2,(H,34,37). The van der Waals surface area contributed by atoms with Gasteiger partial charge in [0.1, 0.15) is 0 Å². The minimum absolute atomic E-state index is 0.0286. The molecule has 3 aromatic carbocycles. The highest BCUT2D eigenvalue weighted by atomic mass is 35.5. The fourth-order valence-electron chi connectivity index (χ4n) is 6.10. The second-order valence-electron chi connectivity index (χ2n) is 10.5. The van der Waals surface area contributed by atoms with Gasteiger partial charge in [0, 0.05) is 21.7 Å². The molecule has 0 unspecified atom stereocenters. The highest BCUT2D eigenvalue weighted by molar-refractivity contribution is 7.99. The van der Waals surface area contributed by atoms with E-state index in [2.05, 4.69) is 23.5 Å². The number of amides is 1. The number of aromatic nitrogens is 2. The van der Waals surface area contributed by atoms with E-state index in [9.17, 15) is 9.59 Å². The summed E-state index contributed by atoms with van der Waals surface area (Å²) < 4.78 is 1.79. The van der Waals surface area contributed by atoms with Crippen LogP contribution in [-0.4, -0.2) is 21.2 Å². The van der Waals surface area contributed by atoms with Gasteiger partial charge in [-0.3, -0.25) is 14.2 Å². The predicted molar refractivity (Wildman–Crippen MR) is 159 cm³/mol. The van der Waals surface area contributed by atoms with Gasteiger partial charge in [0.25, 0.3) is 5.56 Å². The average molecular weight is 556 g/mol. The number of rotatable bonds is 6. The summed E-state index contributed by atoms with van der Waals surface area (Å²) in [5.74, 6) is -0.0280. The van der Waals surface area contributed by atoms with E-state index in [1.54, 1.807) is 28.8 Å². The van der Waals surface area contributed by atoms with Crippen molar-refractivity contribution in [3.63, 3.8) is 0 Å². The lowest BCUT2D eigenvalue weighted by Crippen LogP contribution is -2.43. The van der Waals surface area contributed by atoms with Gasteiger partial charge in [-0.15, -0.1) is 0 Å². The SMILES string of the molecule is O=C(CSc1nc2c(c(=O)n1Cc1ccccc1)C1(CCCCC1)Cc1ccccc1-2)Nc1ccc(Cl)cc1. The molecule has 2 aliphatic carbocycles. The van der Waals surface area contributed by atoms with Crippen molar-refractivity contribution in [1.82, 2.24) is 9.55 Å². The normalized spacial score (nSPS) is 15.4. The maximum atomic E-state index is 14.5. The molecule has 198 valence electrons. The minimum atomic E-state index is -0.181. The summed E-state index contributed by atoms with van der Waals surface area (Å²) in [6.45, 7) is 0.415. The summed E-state index contributed by atoms with van der Waals surface area (Å²) in [6, 6.07) is 25.4. The Labute approximate surface area is 237 Å². The summed E-state index contributed by atoms with van der Waals surface area (Å²) in [7, 11) is 0. The lowest BCUT2D eigenvalue weighted by Gasteiger charge is -2.42. The van der Waals surface area contributed by atoms with Crippen LogP contribution in [0.5, 0.6) is 0 Å². The van der Waals surface area contributed by atoms with Gasteiger partial charge in [0.2, 0.25) is 5.91 Å². The molecule has 1 heterocycles. The van der Waals surface area contributed by atoms with Crippen molar-refractivity contribution in [2.75, 3.05) is 11.1 Å². The van der Waals surface area contributed by atoms with Gasteiger partial charge < -0.3 is 5.32 Å². The van der Waals surface area contributed by atoms with Crippen LogP contribution in [0.1, 0.15) is 48.8 Å². The molecule has 7 heteroatoms. The fraction of sp³-hybridized carbons (Fsp3) is 0.281. The topological polar surface area (TPSA) is 64.0 Å². The largest absolute Gasteiger partial charge is 0.325 e. The molecule has 0 bridgehead atoms. The summed E-state index contributed by atoms with van der Waals surface area (Å²) in [6.07, 6.45) is 6.36. The van der Waals surface area contributed by atoms with Crippen LogP contribution < -0.4 is 10.9 Å². The highest BCUT2D eigenvalue weighted by Gasteiger charge is 2.43. The van der Waals surface area contributed by atoms with E-state index in [-0.39, 0.29) is 22.6 Å². The molecular formula is C32H30ClN3O2S. The third-order valence-electron chi connectivity index (χ3n) is 7.92. The van der Waals surface area contributed by atoms with Crippen LogP contribution in [0.2, 0.25) is 5.02 Å². The van der Waals surface area contributed by atoms with Gasteiger partial charge in [-0.25, -0.2) is 4.98 Å². The highest BCUT2D eigenvalue weighted by Crippen LogP contribution is 2.48. The Hall–Kier alpha value is -3.35. The Morgan fingerprint density at radius 1 is 0.949 bits per heavy atom. The van der Waals surface area contributed by atoms with Gasteiger partial charge >= 0.3 is 0 Å². The molecule has 5 nitrogen and oxygen atoms in total. The predicted octanol–water partition coefficient (Wildman–Crippen LogP) is 7.10. The van der Waals surface area contributed by atoms with Crippen LogP contribution in [0.25, 0.3) is 11.3 Å². The van der Waals surface area contributed by atoms with Crippen molar-refractivity contribution in [1.29, 1.82) is 0 Å². The number of fused-ring (bicyclic) bond motifs is 4. The van der Waals surface area contributed by atoms with E-state index in [1.807, 2.05) is 36.4 Å². The van der Waals surface area contributed by atoms with Gasteiger partial charge in [0.15, 0.2) is 5.16 Å². The van der Waals surface area contributed by atoms with E-state index >= 15 is 0 Å². The number of benzene rings is 3. The Balaban J connectivity index is 1.42. The smallest absolute Gasteiger partial charge is 0.258 e. The molecule has 0 aliphatic heterocycles. The van der Waals surface area contributed by atoms with Crippen LogP contribution in [0, 0.1) is 0 Å². The number of hydrogen-bond donors (Lipinski definition) is 1. The number of carbonyl (C=O) groups excluding carboxylic acids is 1. The van der Waals surface area contributed by atoms with Gasteiger partial charge in [-0.05, 0) is 54.7 Å². The van der Waals surface area contributed by atoms with E-state index in [4.69, 9.17) is 16.6 Å². The third-order valence-corrected chi connectivity index (χ3v) is 9.15. The van der Waals surface area contributed by atoms with Crippen molar-refractivity contribution in [2.24, 2.45) is 0 Å². The summed E-state index contributed by atoms with van der Waals surface area (Å²) >= 11 is 7.29. The zero-order valence-electron chi connectivity index (χ0n) is 21.7. The quantitative estimate of drug-likeness (QED) is 0.203. The number of anilines is 1. The molecule has 6 rings (SSSR count). The summed E-state index contributed by atoms with van der Waals surface area (Å²) in [5, 5.41) is 4.09. The van der Waals surface area contributed by atoms with E-state index in [0.29, 0.717) is 22.4 Å². The summed E-state index contributed by atoms with van der Waals surface area (Å²) in [4.78, 5) is 32.5. The molecule has 0 saturated heterocycles. The van der Waals surface area contributed by atoms with Gasteiger partial charge in [-0.2, -0.15) is 0 Å².